The Kier molecular flexibility index (Phi) is 6.72. The number of ketones is 1. The van der Waals surface area contributed by atoms with E-state index in [4.69, 9.17) is 4.74 Å². The Morgan fingerprint density at radius 2 is 1.81 bits per heavy atom. The molecular formula is C11H21NO4. The van der Waals surface area contributed by atoms with Crippen LogP contribution in [0.4, 0.5) is 4.79 Å². The van der Waals surface area contributed by atoms with Crippen LogP contribution in [0.3, 0.4) is 0 Å². The van der Waals surface area contributed by atoms with Crippen LogP contribution >= 0.6 is 0 Å². The van der Waals surface area contributed by atoms with E-state index in [1.807, 2.05) is 6.92 Å². The van der Waals surface area contributed by atoms with Gasteiger partial charge in [-0.2, -0.15) is 0 Å². The lowest BCUT2D eigenvalue weighted by molar-refractivity contribution is -0.127. The van der Waals surface area contributed by atoms with Gasteiger partial charge in [-0.3, -0.25) is 4.79 Å². The van der Waals surface area contributed by atoms with E-state index in [9.17, 15) is 9.59 Å². The van der Waals surface area contributed by atoms with Crippen molar-refractivity contribution in [3.63, 3.8) is 0 Å². The summed E-state index contributed by atoms with van der Waals surface area (Å²) in [4.78, 5) is 23.0. The van der Waals surface area contributed by atoms with Crippen molar-refractivity contribution in [2.75, 3.05) is 14.2 Å². The van der Waals surface area contributed by atoms with Crippen molar-refractivity contribution in [3.05, 3.63) is 0 Å². The molecule has 0 saturated carbocycles. The standard InChI is InChI=1S/C11H21NO4/c1-6-8(15-4)9(10(13)7(2)3)12-11(14)16-5/h7-9H,6H2,1-5H3,(H,12,14)/t8-,9+/m1/s1. The third-order valence-corrected chi connectivity index (χ3v) is 2.41. The van der Waals surface area contributed by atoms with E-state index in [1.54, 1.807) is 13.8 Å². The molecule has 0 bridgehead atoms. The highest BCUT2D eigenvalue weighted by Gasteiger charge is 2.30. The van der Waals surface area contributed by atoms with Crippen molar-refractivity contribution in [3.8, 4) is 0 Å². The van der Waals surface area contributed by atoms with Crippen LogP contribution in [0.15, 0.2) is 0 Å². The fourth-order valence-electron chi connectivity index (χ4n) is 1.43. The average molecular weight is 231 g/mol. The summed E-state index contributed by atoms with van der Waals surface area (Å²) in [6.45, 7) is 5.47. The zero-order chi connectivity index (χ0) is 12.7. The summed E-state index contributed by atoms with van der Waals surface area (Å²) in [6.07, 6.45) is -0.299. The number of methoxy groups -OCH3 is 2. The van der Waals surface area contributed by atoms with Gasteiger partial charge < -0.3 is 14.8 Å². The molecule has 5 nitrogen and oxygen atoms in total. The van der Waals surface area contributed by atoms with E-state index in [1.165, 1.54) is 14.2 Å². The van der Waals surface area contributed by atoms with Crippen molar-refractivity contribution in [1.82, 2.24) is 5.32 Å². The van der Waals surface area contributed by atoms with Gasteiger partial charge in [0.2, 0.25) is 0 Å². The number of rotatable bonds is 6. The molecule has 2 atom stereocenters. The zero-order valence-electron chi connectivity index (χ0n) is 10.6. The summed E-state index contributed by atoms with van der Waals surface area (Å²) in [5.41, 5.74) is 0. The maximum atomic E-state index is 11.9. The quantitative estimate of drug-likeness (QED) is 0.749. The van der Waals surface area contributed by atoms with Crippen LogP contribution in [-0.2, 0) is 14.3 Å². The lowest BCUT2D eigenvalue weighted by atomic mass is 9.96. The lowest BCUT2D eigenvalue weighted by Gasteiger charge is -2.25. The van der Waals surface area contributed by atoms with Crippen molar-refractivity contribution < 1.29 is 19.1 Å². The van der Waals surface area contributed by atoms with Crippen LogP contribution in [0, 0.1) is 5.92 Å². The Hall–Kier alpha value is -1.10. The molecule has 0 heterocycles. The van der Waals surface area contributed by atoms with E-state index in [-0.39, 0.29) is 17.8 Å². The Balaban J connectivity index is 4.74. The van der Waals surface area contributed by atoms with Gasteiger partial charge in [0.25, 0.3) is 0 Å². The number of hydrogen-bond donors (Lipinski definition) is 1. The number of hydrogen-bond acceptors (Lipinski definition) is 4. The Labute approximate surface area is 96.5 Å². The minimum Gasteiger partial charge on any atom is -0.453 e. The van der Waals surface area contributed by atoms with Crippen LogP contribution < -0.4 is 5.32 Å². The van der Waals surface area contributed by atoms with Crippen molar-refractivity contribution in [2.45, 2.75) is 39.3 Å². The molecule has 0 fully saturated rings. The Morgan fingerprint density at radius 1 is 1.25 bits per heavy atom. The van der Waals surface area contributed by atoms with Crippen molar-refractivity contribution >= 4 is 11.9 Å². The second kappa shape index (κ2) is 7.22. The SMILES string of the molecule is CC[C@@H](OC)[C@H](NC(=O)OC)C(=O)C(C)C. The smallest absolute Gasteiger partial charge is 0.407 e. The summed E-state index contributed by atoms with van der Waals surface area (Å²) in [5, 5.41) is 2.51. The number of ether oxygens (including phenoxy) is 2. The first-order chi connectivity index (χ1) is 7.47. The van der Waals surface area contributed by atoms with Gasteiger partial charge in [-0.1, -0.05) is 20.8 Å². The fraction of sp³-hybridized carbons (Fsp3) is 0.818. The molecule has 0 spiro atoms. The molecule has 0 aliphatic carbocycles. The van der Waals surface area contributed by atoms with Gasteiger partial charge in [-0.25, -0.2) is 4.79 Å². The van der Waals surface area contributed by atoms with Crippen molar-refractivity contribution in [2.24, 2.45) is 5.92 Å². The number of nitrogens with one attached hydrogen (secondary N) is 1. The number of alkyl carbamates (subject to hydrolysis) is 1. The van der Waals surface area contributed by atoms with Gasteiger partial charge in [-0.15, -0.1) is 0 Å². The molecular weight excluding hydrogens is 210 g/mol. The minimum atomic E-state index is -0.651. The maximum absolute atomic E-state index is 11.9. The normalized spacial score (nSPS) is 14.4. The molecule has 0 radical (unpaired) electrons. The van der Waals surface area contributed by atoms with Crippen LogP contribution in [0.2, 0.25) is 0 Å². The number of amides is 1. The fourth-order valence-corrected chi connectivity index (χ4v) is 1.43. The van der Waals surface area contributed by atoms with E-state index in [0.29, 0.717) is 6.42 Å². The molecule has 0 unspecified atom stereocenters. The summed E-state index contributed by atoms with van der Waals surface area (Å²) < 4.78 is 9.68. The van der Waals surface area contributed by atoms with E-state index < -0.39 is 12.1 Å². The van der Waals surface area contributed by atoms with Gasteiger partial charge in [0.15, 0.2) is 5.78 Å². The molecule has 0 aromatic carbocycles. The number of carbonyl (C=O) groups excluding carboxylic acids is 2. The van der Waals surface area contributed by atoms with Gasteiger partial charge in [0.1, 0.15) is 6.04 Å². The first-order valence-corrected chi connectivity index (χ1v) is 5.38. The lowest BCUT2D eigenvalue weighted by Crippen LogP contribution is -2.50. The van der Waals surface area contributed by atoms with Gasteiger partial charge >= 0.3 is 6.09 Å². The van der Waals surface area contributed by atoms with Crippen LogP contribution in [0.5, 0.6) is 0 Å². The summed E-state index contributed by atoms with van der Waals surface area (Å²) >= 11 is 0. The number of Topliss-reactive ketones (excluding diaryl/α,β-unsaturated/α-hetero) is 1. The van der Waals surface area contributed by atoms with Crippen molar-refractivity contribution in [1.29, 1.82) is 0 Å². The summed E-state index contributed by atoms with van der Waals surface area (Å²) in [6, 6.07) is -0.651. The predicted octanol–water partition coefficient (Wildman–Crippen LogP) is 1.36. The first kappa shape index (κ1) is 14.9. The highest BCUT2D eigenvalue weighted by atomic mass is 16.5. The van der Waals surface area contributed by atoms with Gasteiger partial charge in [0, 0.05) is 13.0 Å². The van der Waals surface area contributed by atoms with E-state index in [2.05, 4.69) is 10.1 Å². The number of carbonyl (C=O) groups is 2. The van der Waals surface area contributed by atoms with Crippen LogP contribution in [0.1, 0.15) is 27.2 Å². The third kappa shape index (κ3) is 4.18. The highest BCUT2D eigenvalue weighted by molar-refractivity contribution is 5.89. The van der Waals surface area contributed by atoms with E-state index >= 15 is 0 Å². The Morgan fingerprint density at radius 3 is 2.12 bits per heavy atom. The molecule has 1 amide bonds. The molecule has 0 aromatic rings. The average Bonchev–Trinajstić information content (AvgIpc) is 2.27. The molecule has 0 rings (SSSR count). The van der Waals surface area contributed by atoms with E-state index in [0.717, 1.165) is 0 Å². The van der Waals surface area contributed by atoms with Crippen LogP contribution in [0.25, 0.3) is 0 Å². The molecule has 1 N–H and O–H groups in total. The molecule has 0 saturated heterocycles. The second-order valence-corrected chi connectivity index (χ2v) is 3.85. The predicted molar refractivity (Wildman–Crippen MR) is 60.3 cm³/mol. The first-order valence-electron chi connectivity index (χ1n) is 5.38. The van der Waals surface area contributed by atoms with Gasteiger partial charge in [0.05, 0.1) is 13.2 Å². The zero-order valence-corrected chi connectivity index (χ0v) is 10.6. The molecule has 16 heavy (non-hydrogen) atoms. The van der Waals surface area contributed by atoms with Crippen LogP contribution in [-0.4, -0.2) is 38.2 Å². The molecule has 0 aliphatic rings. The molecule has 0 aliphatic heterocycles. The van der Waals surface area contributed by atoms with Gasteiger partial charge in [-0.05, 0) is 6.42 Å². The summed E-state index contributed by atoms with van der Waals surface area (Å²) in [7, 11) is 2.79. The minimum absolute atomic E-state index is 0.0564. The monoisotopic (exact) mass is 231 g/mol. The maximum Gasteiger partial charge on any atom is 0.407 e. The highest BCUT2D eigenvalue weighted by Crippen LogP contribution is 2.10. The largest absolute Gasteiger partial charge is 0.453 e. The molecule has 0 aromatic heterocycles. The molecule has 5 heteroatoms. The third-order valence-electron chi connectivity index (χ3n) is 2.41. The summed E-state index contributed by atoms with van der Waals surface area (Å²) in [5.74, 6) is -0.217. The Bertz CT molecular complexity index is 236. The molecule has 94 valence electrons. The second-order valence-electron chi connectivity index (χ2n) is 3.85. The topological polar surface area (TPSA) is 64.6 Å².